The molecule has 0 aliphatic rings. The molecular weight excluding hydrogens is 212 g/mol. The van der Waals surface area contributed by atoms with Gasteiger partial charge < -0.3 is 10.2 Å². The van der Waals surface area contributed by atoms with Crippen molar-refractivity contribution < 1.29 is 4.42 Å². The van der Waals surface area contributed by atoms with Gasteiger partial charge in [0.15, 0.2) is 0 Å². The van der Waals surface area contributed by atoms with E-state index in [-0.39, 0.29) is 0 Å². The standard InChI is InChI=1S/C14H12N2O/c1-9-2-4-12-11(6-9)7-13(17-12)10-3-5-14(15)16-8-10/h2-8H,1H3,(H2,15,16). The third kappa shape index (κ3) is 1.76. The molecular formula is C14H12N2O. The number of rotatable bonds is 1. The summed E-state index contributed by atoms with van der Waals surface area (Å²) < 4.78 is 5.77. The molecule has 0 amide bonds. The molecule has 3 heteroatoms. The van der Waals surface area contributed by atoms with Crippen molar-refractivity contribution in [2.24, 2.45) is 0 Å². The quantitative estimate of drug-likeness (QED) is 0.689. The average Bonchev–Trinajstić information content (AvgIpc) is 2.72. The van der Waals surface area contributed by atoms with Gasteiger partial charge in [-0.05, 0) is 37.3 Å². The summed E-state index contributed by atoms with van der Waals surface area (Å²) in [7, 11) is 0. The van der Waals surface area contributed by atoms with Crippen LogP contribution in [-0.4, -0.2) is 4.98 Å². The average molecular weight is 224 g/mol. The van der Waals surface area contributed by atoms with E-state index in [1.165, 1.54) is 5.56 Å². The predicted octanol–water partition coefficient (Wildman–Crippen LogP) is 3.39. The van der Waals surface area contributed by atoms with Gasteiger partial charge in [-0.2, -0.15) is 0 Å². The lowest BCUT2D eigenvalue weighted by molar-refractivity contribution is 0.631. The van der Waals surface area contributed by atoms with Crippen molar-refractivity contribution in [3.8, 4) is 11.3 Å². The third-order valence-corrected chi connectivity index (χ3v) is 2.74. The first-order valence-electron chi connectivity index (χ1n) is 5.44. The van der Waals surface area contributed by atoms with Crippen molar-refractivity contribution in [3.63, 3.8) is 0 Å². The number of nitrogen functional groups attached to an aromatic ring is 1. The summed E-state index contributed by atoms with van der Waals surface area (Å²) in [4.78, 5) is 4.06. The molecule has 0 atom stereocenters. The van der Waals surface area contributed by atoms with E-state index in [1.807, 2.05) is 24.3 Å². The Kier molecular flexibility index (Phi) is 2.11. The molecule has 0 spiro atoms. The highest BCUT2D eigenvalue weighted by atomic mass is 16.3. The van der Waals surface area contributed by atoms with Gasteiger partial charge in [0.1, 0.15) is 17.2 Å². The molecule has 0 saturated carbocycles. The summed E-state index contributed by atoms with van der Waals surface area (Å²) in [6, 6.07) is 11.8. The normalized spacial score (nSPS) is 10.9. The van der Waals surface area contributed by atoms with Crippen LogP contribution in [0.25, 0.3) is 22.3 Å². The monoisotopic (exact) mass is 224 g/mol. The van der Waals surface area contributed by atoms with Crippen LogP contribution in [0.15, 0.2) is 47.0 Å². The Hall–Kier alpha value is -2.29. The molecule has 17 heavy (non-hydrogen) atoms. The molecule has 3 nitrogen and oxygen atoms in total. The van der Waals surface area contributed by atoms with Gasteiger partial charge in [0.05, 0.1) is 0 Å². The van der Waals surface area contributed by atoms with Crippen molar-refractivity contribution in [2.45, 2.75) is 6.92 Å². The number of hydrogen-bond acceptors (Lipinski definition) is 3. The summed E-state index contributed by atoms with van der Waals surface area (Å²) in [6.45, 7) is 2.07. The highest BCUT2D eigenvalue weighted by Crippen LogP contribution is 2.28. The first-order valence-corrected chi connectivity index (χ1v) is 5.44. The van der Waals surface area contributed by atoms with Crippen molar-refractivity contribution in [2.75, 3.05) is 5.73 Å². The molecule has 0 bridgehead atoms. The number of aromatic nitrogens is 1. The highest BCUT2D eigenvalue weighted by Gasteiger charge is 2.06. The maximum Gasteiger partial charge on any atom is 0.136 e. The highest BCUT2D eigenvalue weighted by molar-refractivity contribution is 5.83. The number of hydrogen-bond donors (Lipinski definition) is 1. The summed E-state index contributed by atoms with van der Waals surface area (Å²) >= 11 is 0. The minimum Gasteiger partial charge on any atom is -0.456 e. The topological polar surface area (TPSA) is 52.0 Å². The molecule has 1 aromatic carbocycles. The van der Waals surface area contributed by atoms with E-state index >= 15 is 0 Å². The van der Waals surface area contributed by atoms with E-state index in [0.717, 1.165) is 22.3 Å². The smallest absolute Gasteiger partial charge is 0.136 e. The van der Waals surface area contributed by atoms with Crippen molar-refractivity contribution in [3.05, 3.63) is 48.2 Å². The van der Waals surface area contributed by atoms with Gasteiger partial charge >= 0.3 is 0 Å². The fourth-order valence-corrected chi connectivity index (χ4v) is 1.86. The van der Waals surface area contributed by atoms with Crippen molar-refractivity contribution in [1.82, 2.24) is 4.98 Å². The fraction of sp³-hybridized carbons (Fsp3) is 0.0714. The lowest BCUT2D eigenvalue weighted by Crippen LogP contribution is -1.87. The van der Waals surface area contributed by atoms with Crippen LogP contribution in [0.4, 0.5) is 5.82 Å². The van der Waals surface area contributed by atoms with Gasteiger partial charge in [0.25, 0.3) is 0 Å². The van der Waals surface area contributed by atoms with Gasteiger partial charge in [-0.15, -0.1) is 0 Å². The zero-order chi connectivity index (χ0) is 11.8. The van der Waals surface area contributed by atoms with Crippen LogP contribution in [-0.2, 0) is 0 Å². The van der Waals surface area contributed by atoms with Gasteiger partial charge in [0, 0.05) is 17.1 Å². The van der Waals surface area contributed by atoms with E-state index in [0.29, 0.717) is 5.82 Å². The largest absolute Gasteiger partial charge is 0.456 e. The van der Waals surface area contributed by atoms with Crippen molar-refractivity contribution >= 4 is 16.8 Å². The second-order valence-corrected chi connectivity index (χ2v) is 4.12. The molecule has 0 aliphatic carbocycles. The Bertz CT molecular complexity index is 668. The molecule has 84 valence electrons. The number of aryl methyl sites for hydroxylation is 1. The fourth-order valence-electron chi connectivity index (χ4n) is 1.86. The molecule has 3 aromatic rings. The maximum atomic E-state index is 5.77. The number of nitrogens with two attached hydrogens (primary N) is 1. The lowest BCUT2D eigenvalue weighted by Gasteiger charge is -1.95. The van der Waals surface area contributed by atoms with E-state index in [1.54, 1.807) is 12.3 Å². The number of furan rings is 1. The Morgan fingerprint density at radius 2 is 2.00 bits per heavy atom. The van der Waals surface area contributed by atoms with Crippen LogP contribution in [0.1, 0.15) is 5.56 Å². The zero-order valence-electron chi connectivity index (χ0n) is 9.47. The minimum atomic E-state index is 0.515. The second-order valence-electron chi connectivity index (χ2n) is 4.12. The molecule has 0 saturated heterocycles. The van der Waals surface area contributed by atoms with E-state index in [9.17, 15) is 0 Å². The number of anilines is 1. The van der Waals surface area contributed by atoms with Crippen LogP contribution < -0.4 is 5.73 Å². The summed E-state index contributed by atoms with van der Waals surface area (Å²) in [6.07, 6.45) is 1.72. The number of fused-ring (bicyclic) bond motifs is 1. The first-order chi connectivity index (χ1) is 8.22. The van der Waals surface area contributed by atoms with Crippen LogP contribution in [0.2, 0.25) is 0 Å². The van der Waals surface area contributed by atoms with Gasteiger partial charge in [0.2, 0.25) is 0 Å². The molecule has 0 fully saturated rings. The van der Waals surface area contributed by atoms with E-state index in [4.69, 9.17) is 10.2 Å². The minimum absolute atomic E-state index is 0.515. The van der Waals surface area contributed by atoms with E-state index in [2.05, 4.69) is 18.0 Å². The number of benzene rings is 1. The van der Waals surface area contributed by atoms with Crippen molar-refractivity contribution in [1.29, 1.82) is 0 Å². The van der Waals surface area contributed by atoms with Crippen LogP contribution in [0, 0.1) is 6.92 Å². The molecule has 3 rings (SSSR count). The predicted molar refractivity (Wildman–Crippen MR) is 68.6 cm³/mol. The number of pyridine rings is 1. The maximum absolute atomic E-state index is 5.77. The SMILES string of the molecule is Cc1ccc2oc(-c3ccc(N)nc3)cc2c1. The van der Waals surface area contributed by atoms with Crippen LogP contribution in [0.5, 0.6) is 0 Å². The van der Waals surface area contributed by atoms with Crippen LogP contribution in [0.3, 0.4) is 0 Å². The summed E-state index contributed by atoms with van der Waals surface area (Å²) in [5.74, 6) is 1.33. The number of nitrogens with zero attached hydrogens (tertiary/aromatic N) is 1. The second kappa shape index (κ2) is 3.63. The zero-order valence-corrected chi connectivity index (χ0v) is 9.47. The third-order valence-electron chi connectivity index (χ3n) is 2.74. The van der Waals surface area contributed by atoms with Gasteiger partial charge in [-0.3, -0.25) is 0 Å². The molecule has 0 aliphatic heterocycles. The Morgan fingerprint density at radius 1 is 1.12 bits per heavy atom. The molecule has 0 unspecified atom stereocenters. The van der Waals surface area contributed by atoms with Gasteiger partial charge in [-0.25, -0.2) is 4.98 Å². The first kappa shape index (κ1) is 9.90. The summed E-state index contributed by atoms with van der Waals surface area (Å²) in [5.41, 5.74) is 8.61. The Balaban J connectivity index is 2.14. The van der Waals surface area contributed by atoms with Gasteiger partial charge in [-0.1, -0.05) is 11.6 Å². The molecule has 2 N–H and O–H groups in total. The Morgan fingerprint density at radius 3 is 2.76 bits per heavy atom. The molecule has 0 radical (unpaired) electrons. The molecule has 2 aromatic heterocycles. The lowest BCUT2D eigenvalue weighted by atomic mass is 10.1. The Labute approximate surface area is 98.9 Å². The molecule has 2 heterocycles. The summed E-state index contributed by atoms with van der Waals surface area (Å²) in [5, 5.41) is 1.11. The van der Waals surface area contributed by atoms with Crippen LogP contribution >= 0.6 is 0 Å². The van der Waals surface area contributed by atoms with E-state index < -0.39 is 0 Å².